The third-order valence-corrected chi connectivity index (χ3v) is 3.05. The molecule has 0 spiro atoms. The number of hydrogen-bond donors (Lipinski definition) is 0. The summed E-state index contributed by atoms with van der Waals surface area (Å²) in [4.78, 5) is 13.9. The second-order valence-corrected chi connectivity index (χ2v) is 4.90. The molecule has 2 heterocycles. The van der Waals surface area contributed by atoms with Crippen LogP contribution in [0.25, 0.3) is 0 Å². The Kier molecular flexibility index (Phi) is 5.61. The van der Waals surface area contributed by atoms with Crippen LogP contribution < -0.4 is 0 Å². The molecule has 5 nitrogen and oxygen atoms in total. The van der Waals surface area contributed by atoms with Gasteiger partial charge in [0.25, 0.3) is 0 Å². The molecule has 0 saturated heterocycles. The second kappa shape index (κ2) is 7.89. The molecular formula is C17H18N4O. The number of oxime groups is 1. The standard InChI is InChI=1S/C17H18N4O/c1-13-6-3-10-17(19-13)14(2)21-22-11-5-9-15-7-4-8-16(12-18)20-15/h3-4,6-8,10H,5,9,11H2,1-2H3/b21-14+. The highest BCUT2D eigenvalue weighted by Crippen LogP contribution is 2.03. The van der Waals surface area contributed by atoms with Gasteiger partial charge in [-0.05, 0) is 51.0 Å². The quantitative estimate of drug-likeness (QED) is 0.466. The number of nitriles is 1. The van der Waals surface area contributed by atoms with Gasteiger partial charge in [0.05, 0.1) is 5.69 Å². The summed E-state index contributed by atoms with van der Waals surface area (Å²) >= 11 is 0. The minimum absolute atomic E-state index is 0.442. The fourth-order valence-corrected chi connectivity index (χ4v) is 1.93. The first-order valence-electron chi connectivity index (χ1n) is 7.15. The van der Waals surface area contributed by atoms with E-state index in [1.807, 2.05) is 50.2 Å². The van der Waals surface area contributed by atoms with Crippen LogP contribution in [-0.4, -0.2) is 22.3 Å². The molecule has 2 aromatic rings. The lowest BCUT2D eigenvalue weighted by atomic mass is 10.2. The van der Waals surface area contributed by atoms with E-state index in [2.05, 4.69) is 15.1 Å². The predicted octanol–water partition coefficient (Wildman–Crippen LogP) is 3.03. The largest absolute Gasteiger partial charge is 0.396 e. The van der Waals surface area contributed by atoms with Crippen molar-refractivity contribution in [1.82, 2.24) is 9.97 Å². The maximum absolute atomic E-state index is 8.80. The van der Waals surface area contributed by atoms with E-state index in [9.17, 15) is 0 Å². The zero-order chi connectivity index (χ0) is 15.8. The number of pyridine rings is 2. The van der Waals surface area contributed by atoms with Gasteiger partial charge in [-0.1, -0.05) is 17.3 Å². The van der Waals surface area contributed by atoms with E-state index in [1.54, 1.807) is 6.07 Å². The van der Waals surface area contributed by atoms with Crippen molar-refractivity contribution in [2.45, 2.75) is 26.7 Å². The van der Waals surface area contributed by atoms with Crippen molar-refractivity contribution in [3.63, 3.8) is 0 Å². The summed E-state index contributed by atoms with van der Waals surface area (Å²) in [6, 6.07) is 13.3. The molecule has 0 N–H and O–H groups in total. The molecule has 0 amide bonds. The Morgan fingerprint density at radius 2 is 2.05 bits per heavy atom. The number of hydrogen-bond acceptors (Lipinski definition) is 5. The Bertz CT molecular complexity index is 704. The fraction of sp³-hybridized carbons (Fsp3) is 0.294. The van der Waals surface area contributed by atoms with Crippen LogP contribution in [0.5, 0.6) is 0 Å². The normalized spacial score (nSPS) is 11.0. The Hall–Kier alpha value is -2.74. The molecule has 2 aromatic heterocycles. The van der Waals surface area contributed by atoms with Gasteiger partial charge in [0, 0.05) is 11.4 Å². The van der Waals surface area contributed by atoms with E-state index >= 15 is 0 Å². The second-order valence-electron chi connectivity index (χ2n) is 4.90. The third kappa shape index (κ3) is 4.67. The molecule has 0 saturated carbocycles. The molecule has 22 heavy (non-hydrogen) atoms. The maximum atomic E-state index is 8.80. The van der Waals surface area contributed by atoms with Crippen molar-refractivity contribution in [2.24, 2.45) is 5.16 Å². The third-order valence-electron chi connectivity index (χ3n) is 3.05. The number of aromatic nitrogens is 2. The summed E-state index contributed by atoms with van der Waals surface area (Å²) in [7, 11) is 0. The van der Waals surface area contributed by atoms with Crippen molar-refractivity contribution in [1.29, 1.82) is 5.26 Å². The van der Waals surface area contributed by atoms with E-state index in [1.165, 1.54) is 0 Å². The summed E-state index contributed by atoms with van der Waals surface area (Å²) in [5.74, 6) is 0. The van der Waals surface area contributed by atoms with Gasteiger partial charge in [0.15, 0.2) is 0 Å². The van der Waals surface area contributed by atoms with Crippen LogP contribution >= 0.6 is 0 Å². The summed E-state index contributed by atoms with van der Waals surface area (Å²) in [5.41, 5.74) is 3.87. The van der Waals surface area contributed by atoms with Gasteiger partial charge in [-0.15, -0.1) is 0 Å². The molecule has 112 valence electrons. The lowest BCUT2D eigenvalue weighted by Gasteiger charge is -2.03. The van der Waals surface area contributed by atoms with E-state index in [0.717, 1.165) is 35.6 Å². The van der Waals surface area contributed by atoms with Crippen molar-refractivity contribution in [3.8, 4) is 6.07 Å². The van der Waals surface area contributed by atoms with Gasteiger partial charge in [0.2, 0.25) is 0 Å². The molecule has 0 bridgehead atoms. The molecule has 5 heteroatoms. The number of nitrogens with zero attached hydrogens (tertiary/aromatic N) is 4. The average molecular weight is 294 g/mol. The Balaban J connectivity index is 1.79. The van der Waals surface area contributed by atoms with Crippen molar-refractivity contribution in [3.05, 3.63) is 59.2 Å². The van der Waals surface area contributed by atoms with Crippen molar-refractivity contribution in [2.75, 3.05) is 6.61 Å². The molecule has 2 rings (SSSR count). The highest BCUT2D eigenvalue weighted by molar-refractivity contribution is 5.96. The topological polar surface area (TPSA) is 71.2 Å². The molecule has 0 aliphatic heterocycles. The van der Waals surface area contributed by atoms with E-state index in [4.69, 9.17) is 10.1 Å². The first kappa shape index (κ1) is 15.6. The highest BCUT2D eigenvalue weighted by atomic mass is 16.6. The lowest BCUT2D eigenvalue weighted by Crippen LogP contribution is -2.02. The van der Waals surface area contributed by atoms with Crippen LogP contribution in [0, 0.1) is 18.3 Å². The maximum Gasteiger partial charge on any atom is 0.140 e. The van der Waals surface area contributed by atoms with Crippen LogP contribution in [0.3, 0.4) is 0 Å². The molecule has 0 aromatic carbocycles. The monoisotopic (exact) mass is 294 g/mol. The van der Waals surface area contributed by atoms with Gasteiger partial charge < -0.3 is 4.84 Å². The number of rotatable bonds is 6. The van der Waals surface area contributed by atoms with E-state index in [-0.39, 0.29) is 0 Å². The molecule has 0 radical (unpaired) electrons. The van der Waals surface area contributed by atoms with E-state index in [0.29, 0.717) is 12.3 Å². The summed E-state index contributed by atoms with van der Waals surface area (Å²) in [6.07, 6.45) is 1.55. The Morgan fingerprint density at radius 3 is 2.82 bits per heavy atom. The van der Waals surface area contributed by atoms with Crippen molar-refractivity contribution < 1.29 is 4.84 Å². The minimum atomic E-state index is 0.442. The molecular weight excluding hydrogens is 276 g/mol. The zero-order valence-electron chi connectivity index (χ0n) is 12.8. The molecule has 0 aliphatic carbocycles. The smallest absolute Gasteiger partial charge is 0.140 e. The summed E-state index contributed by atoms with van der Waals surface area (Å²) in [5, 5.41) is 12.9. The van der Waals surface area contributed by atoms with Gasteiger partial charge >= 0.3 is 0 Å². The first-order valence-corrected chi connectivity index (χ1v) is 7.15. The Morgan fingerprint density at radius 1 is 1.23 bits per heavy atom. The van der Waals surface area contributed by atoms with Crippen molar-refractivity contribution >= 4 is 5.71 Å². The van der Waals surface area contributed by atoms with Crippen LogP contribution in [0.4, 0.5) is 0 Å². The minimum Gasteiger partial charge on any atom is -0.396 e. The zero-order valence-corrected chi connectivity index (χ0v) is 12.8. The van der Waals surface area contributed by atoms with Crippen LogP contribution in [0.1, 0.15) is 36.1 Å². The molecule has 0 atom stereocenters. The predicted molar refractivity (Wildman–Crippen MR) is 84.4 cm³/mol. The van der Waals surface area contributed by atoms with Crippen LogP contribution in [-0.2, 0) is 11.3 Å². The van der Waals surface area contributed by atoms with Crippen LogP contribution in [0.15, 0.2) is 41.6 Å². The molecule has 0 fully saturated rings. The molecule has 0 aliphatic rings. The van der Waals surface area contributed by atoms with Gasteiger partial charge in [-0.3, -0.25) is 4.98 Å². The number of aryl methyl sites for hydroxylation is 2. The Labute approximate surface area is 130 Å². The summed E-state index contributed by atoms with van der Waals surface area (Å²) in [6.45, 7) is 4.32. The first-order chi connectivity index (χ1) is 10.7. The highest BCUT2D eigenvalue weighted by Gasteiger charge is 2.00. The van der Waals surface area contributed by atoms with Crippen LogP contribution in [0.2, 0.25) is 0 Å². The van der Waals surface area contributed by atoms with Gasteiger partial charge in [-0.2, -0.15) is 5.26 Å². The van der Waals surface area contributed by atoms with Gasteiger partial charge in [-0.25, -0.2) is 4.98 Å². The van der Waals surface area contributed by atoms with Gasteiger partial charge in [0.1, 0.15) is 24.1 Å². The SMILES string of the molecule is C/C(=N\OCCCc1cccc(C#N)n1)c1cccc(C)n1. The average Bonchev–Trinajstić information content (AvgIpc) is 2.54. The molecule has 0 unspecified atom stereocenters. The summed E-state index contributed by atoms with van der Waals surface area (Å²) < 4.78 is 0. The fourth-order valence-electron chi connectivity index (χ4n) is 1.93. The van der Waals surface area contributed by atoms with E-state index < -0.39 is 0 Å². The lowest BCUT2D eigenvalue weighted by molar-refractivity contribution is 0.141.